The summed E-state index contributed by atoms with van der Waals surface area (Å²) in [6.45, 7) is 6.99. The lowest BCUT2D eigenvalue weighted by Crippen LogP contribution is -2.26. The number of para-hydroxylation sites is 1. The van der Waals surface area contributed by atoms with E-state index in [1.165, 1.54) is 0 Å². The summed E-state index contributed by atoms with van der Waals surface area (Å²) < 4.78 is 39.9. The van der Waals surface area contributed by atoms with E-state index in [1.54, 1.807) is 32.9 Å². The number of aromatic nitrogens is 1. The molecule has 11 heteroatoms. The van der Waals surface area contributed by atoms with Gasteiger partial charge in [-0.25, -0.2) is 9.78 Å². The second kappa shape index (κ2) is 10.7. The zero-order chi connectivity index (χ0) is 23.1. The van der Waals surface area contributed by atoms with Crippen LogP contribution in [0.2, 0.25) is 0 Å². The fraction of sp³-hybridized carbons (Fsp3) is 0.500. The van der Waals surface area contributed by atoms with E-state index in [1.807, 2.05) is 19.1 Å². The summed E-state index contributed by atoms with van der Waals surface area (Å²) in [6, 6.07) is 7.19. The first-order valence-electron chi connectivity index (χ1n) is 9.79. The Morgan fingerprint density at radius 1 is 1.16 bits per heavy atom. The van der Waals surface area contributed by atoms with Crippen LogP contribution in [0.4, 0.5) is 0 Å². The highest BCUT2D eigenvalue weighted by Gasteiger charge is 2.27. The lowest BCUT2D eigenvalue weighted by atomic mass is 9.91. The number of hydrogen-bond acceptors (Lipinski definition) is 10. The molecule has 0 saturated carbocycles. The Labute approximate surface area is 185 Å². The van der Waals surface area contributed by atoms with Gasteiger partial charge in [0.15, 0.2) is 5.01 Å². The number of esters is 2. The third kappa shape index (κ3) is 7.00. The number of hydrogen-bond donors (Lipinski definition) is 0. The molecule has 1 aromatic heterocycles. The Balaban J connectivity index is 2.06. The van der Waals surface area contributed by atoms with Crippen LogP contribution >= 0.6 is 11.3 Å². The van der Waals surface area contributed by atoms with E-state index in [4.69, 9.17) is 13.8 Å². The summed E-state index contributed by atoms with van der Waals surface area (Å²) in [5, 5.41) is 3.73. The molecule has 2 aromatic rings. The maximum atomic E-state index is 12.3. The van der Waals surface area contributed by atoms with Crippen LogP contribution in [-0.2, 0) is 33.5 Å². The van der Waals surface area contributed by atoms with Crippen LogP contribution < -0.4 is 0 Å². The molecule has 0 aliphatic rings. The molecule has 2 rings (SSSR count). The highest BCUT2D eigenvalue weighted by Crippen LogP contribution is 2.23. The predicted molar refractivity (Wildman–Crippen MR) is 117 cm³/mol. The molecule has 1 aromatic carbocycles. The van der Waals surface area contributed by atoms with Gasteiger partial charge in [0.25, 0.3) is 0 Å². The van der Waals surface area contributed by atoms with Crippen molar-refractivity contribution in [1.29, 1.82) is 0 Å². The summed E-state index contributed by atoms with van der Waals surface area (Å²) in [7, 11) is -4.11. The molecule has 0 N–H and O–H groups in total. The van der Waals surface area contributed by atoms with E-state index in [0.29, 0.717) is 11.9 Å². The summed E-state index contributed by atoms with van der Waals surface area (Å²) in [4.78, 5) is 28.5. The van der Waals surface area contributed by atoms with Crippen molar-refractivity contribution in [1.82, 2.24) is 4.98 Å². The van der Waals surface area contributed by atoms with Gasteiger partial charge in [0.2, 0.25) is 5.71 Å². The van der Waals surface area contributed by atoms with Gasteiger partial charge in [-0.3, -0.25) is 9.08 Å². The Morgan fingerprint density at radius 2 is 1.87 bits per heavy atom. The molecule has 0 fully saturated rings. The first kappa shape index (κ1) is 24.7. The molecule has 0 spiro atoms. The number of oxime groups is 1. The summed E-state index contributed by atoms with van der Waals surface area (Å²) in [6.07, 6.45) is 0.629. The maximum absolute atomic E-state index is 12.3. The van der Waals surface area contributed by atoms with Gasteiger partial charge in [0, 0.05) is 0 Å². The SMILES string of the molecule is CCOC(=O)/C(=N\OS(=O)(=O)CCCOC(=O)C(C)(C)CC)c1nc2ccccc2s1. The first-order valence-corrected chi connectivity index (χ1v) is 12.2. The highest BCUT2D eigenvalue weighted by molar-refractivity contribution is 7.86. The first-order chi connectivity index (χ1) is 14.6. The number of thiazole rings is 1. The Morgan fingerprint density at radius 3 is 2.52 bits per heavy atom. The number of benzene rings is 1. The third-order valence-electron chi connectivity index (χ3n) is 4.42. The van der Waals surface area contributed by atoms with Crippen molar-refractivity contribution in [3.8, 4) is 0 Å². The molecule has 0 bridgehead atoms. The molecular weight excluding hydrogens is 444 g/mol. The van der Waals surface area contributed by atoms with Crippen molar-refractivity contribution in [2.75, 3.05) is 19.0 Å². The molecule has 0 saturated heterocycles. The number of fused-ring (bicyclic) bond motifs is 1. The third-order valence-corrected chi connectivity index (χ3v) is 6.55. The Bertz CT molecular complexity index is 1030. The molecule has 0 aliphatic heterocycles. The largest absolute Gasteiger partial charge is 0.465 e. The summed E-state index contributed by atoms with van der Waals surface area (Å²) in [5.74, 6) is -1.68. The van der Waals surface area contributed by atoms with Crippen molar-refractivity contribution in [3.63, 3.8) is 0 Å². The number of rotatable bonds is 11. The van der Waals surface area contributed by atoms with Gasteiger partial charge in [0.1, 0.15) is 0 Å². The van der Waals surface area contributed by atoms with E-state index in [9.17, 15) is 18.0 Å². The number of nitrogens with zero attached hydrogens (tertiary/aromatic N) is 2. The van der Waals surface area contributed by atoms with Crippen molar-refractivity contribution in [2.24, 2.45) is 10.6 Å². The minimum absolute atomic E-state index is 0.0270. The summed E-state index contributed by atoms with van der Waals surface area (Å²) in [5.41, 5.74) is -0.326. The van der Waals surface area contributed by atoms with Gasteiger partial charge in [-0.05, 0) is 45.7 Å². The van der Waals surface area contributed by atoms with Gasteiger partial charge in [-0.15, -0.1) is 11.3 Å². The monoisotopic (exact) mass is 470 g/mol. The van der Waals surface area contributed by atoms with Gasteiger partial charge in [0.05, 0.1) is 34.6 Å². The lowest BCUT2D eigenvalue weighted by molar-refractivity contribution is -0.154. The van der Waals surface area contributed by atoms with Gasteiger partial charge in [-0.2, -0.15) is 8.42 Å². The van der Waals surface area contributed by atoms with Crippen LogP contribution in [0, 0.1) is 5.41 Å². The molecule has 0 unspecified atom stereocenters. The van der Waals surface area contributed by atoms with Crippen LogP contribution in [0.1, 0.15) is 45.5 Å². The zero-order valence-electron chi connectivity index (χ0n) is 17.9. The lowest BCUT2D eigenvalue weighted by Gasteiger charge is -2.20. The second-order valence-electron chi connectivity index (χ2n) is 7.21. The smallest absolute Gasteiger partial charge is 0.363 e. The Hall–Kier alpha value is -2.53. The van der Waals surface area contributed by atoms with Gasteiger partial charge in [-0.1, -0.05) is 24.2 Å². The van der Waals surface area contributed by atoms with E-state index < -0.39 is 33.2 Å². The van der Waals surface area contributed by atoms with Crippen molar-refractivity contribution in [2.45, 2.75) is 40.5 Å². The normalized spacial score (nSPS) is 12.6. The fourth-order valence-electron chi connectivity index (χ4n) is 2.21. The van der Waals surface area contributed by atoms with E-state index in [-0.39, 0.29) is 30.4 Å². The van der Waals surface area contributed by atoms with E-state index in [0.717, 1.165) is 16.0 Å². The minimum atomic E-state index is -4.11. The zero-order valence-corrected chi connectivity index (χ0v) is 19.5. The maximum Gasteiger partial charge on any atom is 0.363 e. The van der Waals surface area contributed by atoms with Gasteiger partial charge < -0.3 is 9.47 Å². The minimum Gasteiger partial charge on any atom is -0.465 e. The van der Waals surface area contributed by atoms with Crippen molar-refractivity contribution < 1.29 is 31.8 Å². The molecule has 0 radical (unpaired) electrons. The average Bonchev–Trinajstić information content (AvgIpc) is 3.15. The number of ether oxygens (including phenoxy) is 2. The quantitative estimate of drug-likeness (QED) is 0.212. The molecule has 0 amide bonds. The number of carbonyl (C=O) groups is 2. The molecule has 0 atom stereocenters. The van der Waals surface area contributed by atoms with E-state index in [2.05, 4.69) is 10.1 Å². The molecule has 31 heavy (non-hydrogen) atoms. The predicted octanol–water partition coefficient (Wildman–Crippen LogP) is 3.28. The van der Waals surface area contributed by atoms with Crippen LogP contribution in [0.25, 0.3) is 10.2 Å². The van der Waals surface area contributed by atoms with Crippen molar-refractivity contribution >= 4 is 49.3 Å². The molecule has 170 valence electrons. The Kier molecular flexibility index (Phi) is 8.52. The van der Waals surface area contributed by atoms with Crippen molar-refractivity contribution in [3.05, 3.63) is 29.3 Å². The molecule has 1 heterocycles. The fourth-order valence-corrected chi connectivity index (χ4v) is 3.88. The standard InChI is InChI=1S/C20H26N2O7S2/c1-5-20(3,4)19(24)28-12-9-13-31(25,26)29-22-16(18(23)27-6-2)17-21-14-10-7-8-11-15(14)30-17/h7-8,10-11H,5-6,9,12-13H2,1-4H3/b22-16-. The topological polar surface area (TPSA) is 121 Å². The molecule has 0 aliphatic carbocycles. The van der Waals surface area contributed by atoms with Crippen LogP contribution in [0.3, 0.4) is 0 Å². The van der Waals surface area contributed by atoms with Gasteiger partial charge >= 0.3 is 22.1 Å². The highest BCUT2D eigenvalue weighted by atomic mass is 32.2. The average molecular weight is 471 g/mol. The van der Waals surface area contributed by atoms with Crippen LogP contribution in [0.5, 0.6) is 0 Å². The second-order valence-corrected chi connectivity index (χ2v) is 9.91. The summed E-state index contributed by atoms with van der Waals surface area (Å²) >= 11 is 1.16. The molecular formula is C20H26N2O7S2. The molecule has 9 nitrogen and oxygen atoms in total. The van der Waals surface area contributed by atoms with E-state index >= 15 is 0 Å². The van der Waals surface area contributed by atoms with Crippen LogP contribution in [0.15, 0.2) is 29.4 Å². The van der Waals surface area contributed by atoms with Crippen LogP contribution in [-0.4, -0.2) is 50.0 Å². The number of carbonyl (C=O) groups excluding carboxylic acids is 2.